The first-order valence-corrected chi connectivity index (χ1v) is 5.97. The molecule has 0 aliphatic heterocycles. The Hall–Kier alpha value is -2.17. The molecule has 0 radical (unpaired) electrons. The molecule has 0 fully saturated rings. The topological polar surface area (TPSA) is 81.5 Å². The highest BCUT2D eigenvalue weighted by atomic mass is 16.5. The third-order valence-electron chi connectivity index (χ3n) is 2.94. The van der Waals surface area contributed by atoms with Crippen molar-refractivity contribution in [1.29, 1.82) is 0 Å². The van der Waals surface area contributed by atoms with Crippen molar-refractivity contribution in [3.05, 3.63) is 23.8 Å². The van der Waals surface area contributed by atoms with Gasteiger partial charge in [0.1, 0.15) is 5.69 Å². The van der Waals surface area contributed by atoms with Crippen molar-refractivity contribution in [3.8, 4) is 22.8 Å². The molecule has 2 rings (SSSR count). The number of nitrogen functional groups attached to an aromatic ring is 1. The van der Waals surface area contributed by atoms with Crippen molar-refractivity contribution in [1.82, 2.24) is 5.16 Å². The molecule has 5 heteroatoms. The normalized spacial score (nSPS) is 11.6. The van der Waals surface area contributed by atoms with Gasteiger partial charge in [-0.05, 0) is 23.1 Å². The fourth-order valence-corrected chi connectivity index (χ4v) is 1.87. The monoisotopic (exact) mass is 262 g/mol. The van der Waals surface area contributed by atoms with Crippen LogP contribution in [0.25, 0.3) is 11.3 Å². The van der Waals surface area contributed by atoms with Crippen LogP contribution in [0.15, 0.2) is 22.7 Å². The zero-order chi connectivity index (χ0) is 14.2. The minimum atomic E-state index is -0.103. The van der Waals surface area contributed by atoms with Crippen molar-refractivity contribution >= 4 is 5.88 Å². The lowest BCUT2D eigenvalue weighted by Gasteiger charge is -2.21. The predicted molar refractivity (Wildman–Crippen MR) is 73.3 cm³/mol. The van der Waals surface area contributed by atoms with E-state index in [9.17, 15) is 5.11 Å². The molecule has 0 bridgehead atoms. The Labute approximate surface area is 112 Å². The average molecular weight is 262 g/mol. The highest BCUT2D eigenvalue weighted by Crippen LogP contribution is 2.41. The molecule has 0 atom stereocenters. The van der Waals surface area contributed by atoms with E-state index < -0.39 is 0 Å². The molecule has 0 aliphatic rings. The fourth-order valence-electron chi connectivity index (χ4n) is 1.87. The standard InChI is InChI=1S/C14H18N2O3/c1-14(2,3)8-5-9(10-7-12(15)19-16-10)13(18-4)11(17)6-8/h5-7,17H,15H2,1-4H3. The maximum absolute atomic E-state index is 10.1. The smallest absolute Gasteiger partial charge is 0.222 e. The van der Waals surface area contributed by atoms with Crippen LogP contribution >= 0.6 is 0 Å². The van der Waals surface area contributed by atoms with Crippen molar-refractivity contribution in [2.45, 2.75) is 26.2 Å². The number of benzene rings is 1. The van der Waals surface area contributed by atoms with E-state index in [1.807, 2.05) is 6.07 Å². The highest BCUT2D eigenvalue weighted by molar-refractivity contribution is 5.73. The minimum absolute atomic E-state index is 0.0755. The lowest BCUT2D eigenvalue weighted by molar-refractivity contribution is 0.373. The molecule has 0 spiro atoms. The Bertz CT molecular complexity index is 597. The average Bonchev–Trinajstić information content (AvgIpc) is 2.73. The zero-order valence-electron chi connectivity index (χ0n) is 11.5. The van der Waals surface area contributed by atoms with Crippen molar-refractivity contribution in [3.63, 3.8) is 0 Å². The number of anilines is 1. The Balaban J connectivity index is 2.66. The second kappa shape index (κ2) is 4.50. The van der Waals surface area contributed by atoms with Gasteiger partial charge >= 0.3 is 0 Å². The van der Waals surface area contributed by atoms with E-state index in [0.717, 1.165) is 5.56 Å². The van der Waals surface area contributed by atoms with Gasteiger partial charge in [0, 0.05) is 11.6 Å². The summed E-state index contributed by atoms with van der Waals surface area (Å²) in [5, 5.41) is 14.0. The molecule has 1 aromatic carbocycles. The van der Waals surface area contributed by atoms with Gasteiger partial charge in [0.15, 0.2) is 11.5 Å². The zero-order valence-corrected chi connectivity index (χ0v) is 11.5. The molecule has 0 unspecified atom stereocenters. The van der Waals surface area contributed by atoms with Crippen LogP contribution in [0.4, 0.5) is 5.88 Å². The number of phenols is 1. The summed E-state index contributed by atoms with van der Waals surface area (Å²) in [6.07, 6.45) is 0. The van der Waals surface area contributed by atoms with Crippen LogP contribution in [-0.2, 0) is 5.41 Å². The number of nitrogens with zero attached hydrogens (tertiary/aromatic N) is 1. The molecule has 1 aromatic heterocycles. The number of hydrogen-bond donors (Lipinski definition) is 2. The molecule has 3 N–H and O–H groups in total. The summed E-state index contributed by atoms with van der Waals surface area (Å²) >= 11 is 0. The molecular formula is C14H18N2O3. The van der Waals surface area contributed by atoms with Crippen LogP contribution in [0.1, 0.15) is 26.3 Å². The van der Waals surface area contributed by atoms with Crippen molar-refractivity contribution in [2.75, 3.05) is 12.8 Å². The second-order valence-electron chi connectivity index (χ2n) is 5.44. The largest absolute Gasteiger partial charge is 0.504 e. The van der Waals surface area contributed by atoms with Crippen molar-refractivity contribution < 1.29 is 14.4 Å². The van der Waals surface area contributed by atoms with E-state index in [0.29, 0.717) is 17.0 Å². The first kappa shape index (κ1) is 13.3. The maximum atomic E-state index is 10.1. The molecule has 1 heterocycles. The second-order valence-corrected chi connectivity index (χ2v) is 5.44. The van der Waals surface area contributed by atoms with Gasteiger partial charge in [-0.2, -0.15) is 0 Å². The minimum Gasteiger partial charge on any atom is -0.504 e. The maximum Gasteiger partial charge on any atom is 0.222 e. The van der Waals surface area contributed by atoms with Crippen LogP contribution in [0.3, 0.4) is 0 Å². The summed E-state index contributed by atoms with van der Waals surface area (Å²) in [5.74, 6) is 0.658. The van der Waals surface area contributed by atoms with Gasteiger partial charge in [0.2, 0.25) is 5.88 Å². The quantitative estimate of drug-likeness (QED) is 0.869. The van der Waals surface area contributed by atoms with E-state index in [4.69, 9.17) is 15.0 Å². The third kappa shape index (κ3) is 2.50. The van der Waals surface area contributed by atoms with Crippen LogP contribution in [-0.4, -0.2) is 17.4 Å². The number of methoxy groups -OCH3 is 1. The molecule has 0 saturated carbocycles. The van der Waals surface area contributed by atoms with E-state index in [1.165, 1.54) is 7.11 Å². The van der Waals surface area contributed by atoms with Crippen molar-refractivity contribution in [2.24, 2.45) is 0 Å². The Kier molecular flexibility index (Phi) is 3.14. The number of rotatable bonds is 2. The number of nitrogens with two attached hydrogens (primary N) is 1. The van der Waals surface area contributed by atoms with Gasteiger partial charge in [0.05, 0.1) is 7.11 Å². The van der Waals surface area contributed by atoms with Gasteiger partial charge in [0.25, 0.3) is 0 Å². The lowest BCUT2D eigenvalue weighted by atomic mass is 9.85. The van der Waals surface area contributed by atoms with Crippen LogP contribution < -0.4 is 10.5 Å². The molecule has 0 aliphatic carbocycles. The first-order valence-electron chi connectivity index (χ1n) is 5.97. The Morgan fingerprint density at radius 3 is 2.42 bits per heavy atom. The van der Waals surface area contributed by atoms with Crippen LogP contribution in [0.2, 0.25) is 0 Å². The SMILES string of the molecule is COc1c(O)cc(C(C)(C)C)cc1-c1cc(N)on1. The summed E-state index contributed by atoms with van der Waals surface area (Å²) in [4.78, 5) is 0. The van der Waals surface area contributed by atoms with Crippen LogP contribution in [0, 0.1) is 0 Å². The van der Waals surface area contributed by atoms with E-state index in [-0.39, 0.29) is 17.0 Å². The van der Waals surface area contributed by atoms with Gasteiger partial charge in [-0.15, -0.1) is 0 Å². The van der Waals surface area contributed by atoms with E-state index >= 15 is 0 Å². The van der Waals surface area contributed by atoms with Gasteiger partial charge in [-0.3, -0.25) is 0 Å². The van der Waals surface area contributed by atoms with E-state index in [2.05, 4.69) is 25.9 Å². The summed E-state index contributed by atoms with van der Waals surface area (Å²) in [7, 11) is 1.50. The summed E-state index contributed by atoms with van der Waals surface area (Å²) < 4.78 is 10.1. The predicted octanol–water partition coefficient (Wildman–Crippen LogP) is 2.94. The van der Waals surface area contributed by atoms with E-state index in [1.54, 1.807) is 12.1 Å². The number of hydrogen-bond acceptors (Lipinski definition) is 5. The summed E-state index contributed by atoms with van der Waals surface area (Å²) in [6, 6.07) is 5.23. The number of aromatic hydroxyl groups is 1. The molecule has 5 nitrogen and oxygen atoms in total. The van der Waals surface area contributed by atoms with Gasteiger partial charge in [-0.25, -0.2) is 0 Å². The molecule has 2 aromatic rings. The molecule has 0 saturated heterocycles. The Morgan fingerprint density at radius 2 is 1.95 bits per heavy atom. The summed E-state index contributed by atoms with van der Waals surface area (Å²) in [5.41, 5.74) is 7.61. The first-order chi connectivity index (χ1) is 8.82. The number of phenolic OH excluding ortho intramolecular Hbond substituents is 1. The van der Waals surface area contributed by atoms with Gasteiger partial charge in [-0.1, -0.05) is 25.9 Å². The molecular weight excluding hydrogens is 244 g/mol. The molecule has 19 heavy (non-hydrogen) atoms. The summed E-state index contributed by atoms with van der Waals surface area (Å²) in [6.45, 7) is 6.19. The van der Waals surface area contributed by atoms with Gasteiger partial charge < -0.3 is 20.1 Å². The third-order valence-corrected chi connectivity index (χ3v) is 2.94. The highest BCUT2D eigenvalue weighted by Gasteiger charge is 2.21. The number of ether oxygens (including phenoxy) is 1. The molecule has 102 valence electrons. The fraction of sp³-hybridized carbons (Fsp3) is 0.357. The number of aromatic nitrogens is 1. The Morgan fingerprint density at radius 1 is 1.26 bits per heavy atom. The molecule has 0 amide bonds. The lowest BCUT2D eigenvalue weighted by Crippen LogP contribution is -2.11. The van der Waals surface area contributed by atoms with Crippen LogP contribution in [0.5, 0.6) is 11.5 Å².